The van der Waals surface area contributed by atoms with E-state index in [0.717, 1.165) is 9.21 Å². The van der Waals surface area contributed by atoms with Crippen molar-refractivity contribution in [2.75, 3.05) is 20.8 Å². The summed E-state index contributed by atoms with van der Waals surface area (Å²) < 4.78 is 5.62. The van der Waals surface area contributed by atoms with Crippen molar-refractivity contribution in [3.63, 3.8) is 0 Å². The average molecular weight is 277 g/mol. The molecule has 6 heteroatoms. The van der Waals surface area contributed by atoms with Gasteiger partial charge in [0, 0.05) is 25.6 Å². The van der Waals surface area contributed by atoms with Crippen molar-refractivity contribution >= 4 is 28.8 Å². The summed E-state index contributed by atoms with van der Waals surface area (Å²) in [6.45, 7) is 1.03. The zero-order chi connectivity index (χ0) is 12.8. The Morgan fingerprint density at radius 1 is 1.65 bits per heavy atom. The first-order valence-corrected chi connectivity index (χ1v) is 6.47. The second-order valence-corrected chi connectivity index (χ2v) is 5.59. The van der Waals surface area contributed by atoms with Crippen LogP contribution in [0.3, 0.4) is 0 Å². The number of methoxy groups -OCH3 is 1. The number of carbonyl (C=O) groups excluding carboxylic acids is 1. The van der Waals surface area contributed by atoms with Crippen LogP contribution >= 0.6 is 22.9 Å². The van der Waals surface area contributed by atoms with Crippen LogP contribution in [-0.4, -0.2) is 37.6 Å². The molecule has 0 fully saturated rings. The average Bonchev–Trinajstić information content (AvgIpc) is 2.70. The van der Waals surface area contributed by atoms with E-state index in [9.17, 15) is 4.79 Å². The third-order valence-corrected chi connectivity index (χ3v) is 3.56. The summed E-state index contributed by atoms with van der Waals surface area (Å²) in [6, 6.07) is 3.23. The Labute approximate surface area is 110 Å². The summed E-state index contributed by atoms with van der Waals surface area (Å²) in [5, 5.41) is 0. The monoisotopic (exact) mass is 276 g/mol. The van der Waals surface area contributed by atoms with E-state index in [1.54, 1.807) is 19.1 Å². The van der Waals surface area contributed by atoms with Gasteiger partial charge in [-0.05, 0) is 18.6 Å². The summed E-state index contributed by atoms with van der Waals surface area (Å²) in [7, 11) is 3.33. The highest BCUT2D eigenvalue weighted by Gasteiger charge is 2.18. The third-order valence-electron chi connectivity index (χ3n) is 2.35. The number of ether oxygens (including phenoxy) is 1. The van der Waals surface area contributed by atoms with Gasteiger partial charge in [0.25, 0.3) is 0 Å². The molecule has 1 unspecified atom stereocenters. The van der Waals surface area contributed by atoms with Gasteiger partial charge in [-0.25, -0.2) is 0 Å². The van der Waals surface area contributed by atoms with Crippen LogP contribution in [0.1, 0.15) is 11.3 Å². The van der Waals surface area contributed by atoms with Crippen LogP contribution in [-0.2, 0) is 16.1 Å². The molecule has 96 valence electrons. The fourth-order valence-corrected chi connectivity index (χ4v) is 2.54. The van der Waals surface area contributed by atoms with E-state index in [2.05, 4.69) is 0 Å². The molecule has 0 aliphatic heterocycles. The second kappa shape index (κ2) is 6.96. The number of halogens is 1. The van der Waals surface area contributed by atoms with Gasteiger partial charge in [0.1, 0.15) is 0 Å². The number of likely N-dealkylation sites (N-methyl/N-ethyl adjacent to an activating group) is 1. The molecule has 2 N–H and O–H groups in total. The lowest BCUT2D eigenvalue weighted by Crippen LogP contribution is -2.41. The van der Waals surface area contributed by atoms with Gasteiger partial charge >= 0.3 is 0 Å². The van der Waals surface area contributed by atoms with E-state index in [1.807, 2.05) is 12.1 Å². The molecule has 0 saturated carbocycles. The molecule has 0 radical (unpaired) electrons. The zero-order valence-corrected chi connectivity index (χ0v) is 11.6. The second-order valence-electron chi connectivity index (χ2n) is 3.79. The van der Waals surface area contributed by atoms with Crippen molar-refractivity contribution in [2.45, 2.75) is 19.0 Å². The molecular formula is C11H17ClN2O2S. The molecule has 1 amide bonds. The SMILES string of the molecule is COCCC(N)C(=O)N(C)Cc1ccc(Cl)s1. The number of rotatable bonds is 6. The minimum absolute atomic E-state index is 0.0772. The van der Waals surface area contributed by atoms with Gasteiger partial charge < -0.3 is 15.4 Å². The van der Waals surface area contributed by atoms with Crippen LogP contribution in [0.25, 0.3) is 0 Å². The van der Waals surface area contributed by atoms with Crippen molar-refractivity contribution in [1.29, 1.82) is 0 Å². The molecule has 1 atom stereocenters. The zero-order valence-electron chi connectivity index (χ0n) is 9.98. The van der Waals surface area contributed by atoms with Crippen LogP contribution in [0.2, 0.25) is 4.34 Å². The van der Waals surface area contributed by atoms with Gasteiger partial charge in [0.15, 0.2) is 0 Å². The Morgan fingerprint density at radius 3 is 2.88 bits per heavy atom. The highest BCUT2D eigenvalue weighted by molar-refractivity contribution is 7.16. The first kappa shape index (κ1) is 14.4. The topological polar surface area (TPSA) is 55.6 Å². The lowest BCUT2D eigenvalue weighted by molar-refractivity contribution is -0.132. The molecule has 1 aromatic rings. The molecular weight excluding hydrogens is 260 g/mol. The number of amides is 1. The predicted molar refractivity (Wildman–Crippen MR) is 70.3 cm³/mol. The van der Waals surface area contributed by atoms with Crippen LogP contribution in [0, 0.1) is 0 Å². The maximum atomic E-state index is 11.9. The van der Waals surface area contributed by atoms with Crippen molar-refractivity contribution < 1.29 is 9.53 Å². The summed E-state index contributed by atoms with van der Waals surface area (Å²) >= 11 is 7.30. The Bertz CT molecular complexity index is 370. The van der Waals surface area contributed by atoms with Gasteiger partial charge in [-0.3, -0.25) is 4.79 Å². The summed E-state index contributed by atoms with van der Waals surface area (Å²) in [5.41, 5.74) is 5.77. The smallest absolute Gasteiger partial charge is 0.239 e. The molecule has 17 heavy (non-hydrogen) atoms. The number of nitrogens with zero attached hydrogens (tertiary/aromatic N) is 1. The normalized spacial score (nSPS) is 12.5. The van der Waals surface area contributed by atoms with E-state index < -0.39 is 6.04 Å². The molecule has 0 spiro atoms. The van der Waals surface area contributed by atoms with Crippen LogP contribution in [0.5, 0.6) is 0 Å². The summed E-state index contributed by atoms with van der Waals surface area (Å²) in [5.74, 6) is -0.0772. The minimum Gasteiger partial charge on any atom is -0.385 e. The van der Waals surface area contributed by atoms with E-state index in [1.165, 1.54) is 11.3 Å². The molecule has 1 heterocycles. The molecule has 0 aromatic carbocycles. The fourth-order valence-electron chi connectivity index (χ4n) is 1.40. The predicted octanol–water partition coefficient (Wildman–Crippen LogP) is 1.72. The molecule has 1 aromatic heterocycles. The Balaban J connectivity index is 2.46. The molecule has 4 nitrogen and oxygen atoms in total. The highest BCUT2D eigenvalue weighted by Crippen LogP contribution is 2.22. The van der Waals surface area contributed by atoms with Gasteiger partial charge in [0.2, 0.25) is 5.91 Å². The number of carbonyl (C=O) groups is 1. The highest BCUT2D eigenvalue weighted by atomic mass is 35.5. The Hall–Kier alpha value is -0.620. The van der Waals surface area contributed by atoms with Gasteiger partial charge in [-0.1, -0.05) is 11.6 Å². The summed E-state index contributed by atoms with van der Waals surface area (Å²) in [4.78, 5) is 14.5. The third kappa shape index (κ3) is 4.63. The minimum atomic E-state index is -0.504. The number of nitrogens with two attached hydrogens (primary N) is 1. The quantitative estimate of drug-likeness (QED) is 0.861. The van der Waals surface area contributed by atoms with Gasteiger partial charge in [0.05, 0.1) is 16.9 Å². The Kier molecular flexibility index (Phi) is 5.91. The van der Waals surface area contributed by atoms with Crippen LogP contribution < -0.4 is 5.73 Å². The maximum Gasteiger partial charge on any atom is 0.239 e. The largest absolute Gasteiger partial charge is 0.385 e. The molecule has 0 bridgehead atoms. The number of hydrogen-bond donors (Lipinski definition) is 1. The lowest BCUT2D eigenvalue weighted by Gasteiger charge is -2.20. The maximum absolute atomic E-state index is 11.9. The van der Waals surface area contributed by atoms with Crippen molar-refractivity contribution in [3.05, 3.63) is 21.3 Å². The van der Waals surface area contributed by atoms with Crippen molar-refractivity contribution in [1.82, 2.24) is 4.90 Å². The van der Waals surface area contributed by atoms with E-state index >= 15 is 0 Å². The first-order valence-electron chi connectivity index (χ1n) is 5.28. The summed E-state index contributed by atoms with van der Waals surface area (Å²) in [6.07, 6.45) is 0.533. The first-order chi connectivity index (χ1) is 8.04. The molecule has 1 rings (SSSR count). The van der Waals surface area contributed by atoms with Gasteiger partial charge in [-0.2, -0.15) is 0 Å². The molecule has 0 saturated heterocycles. The molecule has 0 aliphatic carbocycles. The standard InChI is InChI=1S/C11H17ClN2O2S/c1-14(7-8-3-4-10(12)17-8)11(15)9(13)5-6-16-2/h3-4,9H,5-7,13H2,1-2H3. The Morgan fingerprint density at radius 2 is 2.35 bits per heavy atom. The number of hydrogen-bond acceptors (Lipinski definition) is 4. The van der Waals surface area contributed by atoms with Crippen molar-refractivity contribution in [2.24, 2.45) is 5.73 Å². The fraction of sp³-hybridized carbons (Fsp3) is 0.545. The van der Waals surface area contributed by atoms with E-state index in [-0.39, 0.29) is 5.91 Å². The lowest BCUT2D eigenvalue weighted by atomic mass is 10.2. The van der Waals surface area contributed by atoms with E-state index in [4.69, 9.17) is 22.1 Å². The molecule has 0 aliphatic rings. The van der Waals surface area contributed by atoms with Gasteiger partial charge in [-0.15, -0.1) is 11.3 Å². The van der Waals surface area contributed by atoms with Crippen LogP contribution in [0.15, 0.2) is 12.1 Å². The van der Waals surface area contributed by atoms with Crippen LogP contribution in [0.4, 0.5) is 0 Å². The van der Waals surface area contributed by atoms with Crippen molar-refractivity contribution in [3.8, 4) is 0 Å². The number of thiophene rings is 1. The van der Waals surface area contributed by atoms with E-state index in [0.29, 0.717) is 19.6 Å².